The minimum Gasteiger partial charge on any atom is -0.236 e. The second-order valence-electron chi connectivity index (χ2n) is 2.60. The first-order chi connectivity index (χ1) is 7.10. The molecule has 1 heterocycles. The van der Waals surface area contributed by atoms with E-state index in [0.717, 1.165) is 6.07 Å². The molecule has 1 rings (SSSR count). The van der Waals surface area contributed by atoms with Crippen molar-refractivity contribution in [2.24, 2.45) is 0 Å². The highest BCUT2D eigenvalue weighted by molar-refractivity contribution is 6.31. The lowest BCUT2D eigenvalue weighted by Gasteiger charge is -2.05. The normalized spacial score (nSPS) is 9.73. The lowest BCUT2D eigenvalue weighted by atomic mass is 10.1. The molecular formula is C9H4ClF2N3. The molecule has 76 valence electrons. The molecule has 0 spiro atoms. The fourth-order valence-corrected chi connectivity index (χ4v) is 1.28. The Labute approximate surface area is 89.5 Å². The van der Waals surface area contributed by atoms with E-state index < -0.39 is 12.1 Å². The molecule has 0 N–H and O–H groups in total. The van der Waals surface area contributed by atoms with Gasteiger partial charge in [-0.05, 0) is 6.07 Å². The highest BCUT2D eigenvalue weighted by Gasteiger charge is 2.16. The molecule has 0 bridgehead atoms. The van der Waals surface area contributed by atoms with E-state index in [4.69, 9.17) is 22.1 Å². The van der Waals surface area contributed by atoms with Gasteiger partial charge in [0, 0.05) is 10.6 Å². The number of nitrogens with zero attached hydrogens (tertiary/aromatic N) is 3. The molecule has 0 radical (unpaired) electrons. The predicted octanol–water partition coefficient (Wildman–Crippen LogP) is 2.61. The van der Waals surface area contributed by atoms with E-state index in [1.54, 1.807) is 12.1 Å². The van der Waals surface area contributed by atoms with Crippen molar-refractivity contribution in [2.45, 2.75) is 12.8 Å². The molecule has 0 aliphatic carbocycles. The largest absolute Gasteiger partial charge is 0.280 e. The average Bonchev–Trinajstić information content (AvgIpc) is 2.20. The van der Waals surface area contributed by atoms with Gasteiger partial charge in [0.25, 0.3) is 6.43 Å². The molecule has 0 saturated heterocycles. The predicted molar refractivity (Wildman–Crippen MR) is 48.2 cm³/mol. The van der Waals surface area contributed by atoms with E-state index in [1.807, 2.05) is 0 Å². The number of pyridine rings is 1. The Morgan fingerprint density at radius 1 is 1.47 bits per heavy atom. The molecule has 1 aromatic heterocycles. The quantitative estimate of drug-likeness (QED) is 0.780. The third kappa shape index (κ3) is 2.39. The molecule has 6 heteroatoms. The van der Waals surface area contributed by atoms with Crippen molar-refractivity contribution in [1.82, 2.24) is 4.98 Å². The fourth-order valence-electron chi connectivity index (χ4n) is 1.01. The minimum atomic E-state index is -2.79. The van der Waals surface area contributed by atoms with E-state index in [-0.39, 0.29) is 22.7 Å². The second-order valence-corrected chi connectivity index (χ2v) is 3.01. The number of rotatable bonds is 2. The SMILES string of the molecule is N#CCc1c(Cl)cc(C(F)F)nc1C#N. The summed E-state index contributed by atoms with van der Waals surface area (Å²) in [7, 11) is 0. The van der Waals surface area contributed by atoms with Crippen LogP contribution in [0.4, 0.5) is 8.78 Å². The van der Waals surface area contributed by atoms with Gasteiger partial charge in [-0.3, -0.25) is 0 Å². The molecular weight excluding hydrogens is 224 g/mol. The molecule has 0 amide bonds. The molecule has 0 aliphatic rings. The first kappa shape index (κ1) is 11.4. The van der Waals surface area contributed by atoms with Gasteiger partial charge in [0.15, 0.2) is 0 Å². The Hall–Kier alpha value is -1.72. The summed E-state index contributed by atoms with van der Waals surface area (Å²) in [4.78, 5) is 3.42. The highest BCUT2D eigenvalue weighted by atomic mass is 35.5. The Morgan fingerprint density at radius 3 is 2.60 bits per heavy atom. The zero-order valence-corrected chi connectivity index (χ0v) is 8.09. The van der Waals surface area contributed by atoms with Crippen LogP contribution in [0.5, 0.6) is 0 Å². The lowest BCUT2D eigenvalue weighted by Crippen LogP contribution is -1.99. The van der Waals surface area contributed by atoms with Gasteiger partial charge >= 0.3 is 0 Å². The average molecular weight is 228 g/mol. The van der Waals surface area contributed by atoms with E-state index >= 15 is 0 Å². The number of aromatic nitrogens is 1. The smallest absolute Gasteiger partial charge is 0.236 e. The van der Waals surface area contributed by atoms with Gasteiger partial charge in [0.1, 0.15) is 17.5 Å². The van der Waals surface area contributed by atoms with Crippen molar-refractivity contribution in [3.8, 4) is 12.1 Å². The van der Waals surface area contributed by atoms with Gasteiger partial charge in [0.2, 0.25) is 0 Å². The third-order valence-corrected chi connectivity index (χ3v) is 2.01. The van der Waals surface area contributed by atoms with Crippen LogP contribution in [-0.4, -0.2) is 4.98 Å². The summed E-state index contributed by atoms with van der Waals surface area (Å²) >= 11 is 5.66. The maximum Gasteiger partial charge on any atom is 0.280 e. The van der Waals surface area contributed by atoms with Crippen molar-refractivity contribution < 1.29 is 8.78 Å². The van der Waals surface area contributed by atoms with Crippen LogP contribution in [0.25, 0.3) is 0 Å². The second kappa shape index (κ2) is 4.68. The van der Waals surface area contributed by atoms with Crippen molar-refractivity contribution in [1.29, 1.82) is 10.5 Å². The summed E-state index contributed by atoms with van der Waals surface area (Å²) in [6.07, 6.45) is -2.91. The monoisotopic (exact) mass is 227 g/mol. The first-order valence-electron chi connectivity index (χ1n) is 3.84. The van der Waals surface area contributed by atoms with Crippen LogP contribution < -0.4 is 0 Å². The van der Waals surface area contributed by atoms with Crippen LogP contribution in [0.1, 0.15) is 23.4 Å². The highest BCUT2D eigenvalue weighted by Crippen LogP contribution is 2.25. The number of halogens is 3. The first-order valence-corrected chi connectivity index (χ1v) is 4.22. The van der Waals surface area contributed by atoms with Crippen molar-refractivity contribution >= 4 is 11.6 Å². The summed E-state index contributed by atoms with van der Waals surface area (Å²) in [5, 5.41) is 17.1. The Kier molecular flexibility index (Phi) is 3.54. The van der Waals surface area contributed by atoms with Crippen molar-refractivity contribution in [3.05, 3.63) is 28.0 Å². The number of alkyl halides is 2. The van der Waals surface area contributed by atoms with Gasteiger partial charge in [-0.2, -0.15) is 10.5 Å². The van der Waals surface area contributed by atoms with Gasteiger partial charge in [0.05, 0.1) is 12.5 Å². The molecule has 0 atom stereocenters. The van der Waals surface area contributed by atoms with Crippen molar-refractivity contribution in [2.75, 3.05) is 0 Å². The molecule has 15 heavy (non-hydrogen) atoms. The van der Waals surface area contributed by atoms with Crippen molar-refractivity contribution in [3.63, 3.8) is 0 Å². The maximum absolute atomic E-state index is 12.3. The molecule has 0 aromatic carbocycles. The summed E-state index contributed by atoms with van der Waals surface area (Å²) in [5.41, 5.74) is -0.594. The summed E-state index contributed by atoms with van der Waals surface area (Å²) in [5.74, 6) is 0. The topological polar surface area (TPSA) is 60.5 Å². The standard InChI is InChI=1S/C9H4ClF2N3/c10-6-3-7(9(11)12)15-8(4-14)5(6)1-2-13/h3,9H,1H2. The zero-order chi connectivity index (χ0) is 11.4. The van der Waals surface area contributed by atoms with Crippen LogP contribution in [0.3, 0.4) is 0 Å². The van der Waals surface area contributed by atoms with Gasteiger partial charge < -0.3 is 0 Å². The molecule has 0 saturated carbocycles. The Bertz CT molecular complexity index is 460. The zero-order valence-electron chi connectivity index (χ0n) is 7.34. The summed E-state index contributed by atoms with van der Waals surface area (Å²) in [6.45, 7) is 0. The summed E-state index contributed by atoms with van der Waals surface area (Å²) < 4.78 is 24.6. The van der Waals surface area contributed by atoms with E-state index in [1.165, 1.54) is 0 Å². The van der Waals surface area contributed by atoms with E-state index in [9.17, 15) is 8.78 Å². The molecule has 0 aliphatic heterocycles. The Morgan fingerprint density at radius 2 is 2.13 bits per heavy atom. The van der Waals surface area contributed by atoms with Crippen LogP contribution >= 0.6 is 11.6 Å². The van der Waals surface area contributed by atoms with Gasteiger partial charge in [-0.1, -0.05) is 11.6 Å². The molecule has 0 unspecified atom stereocenters. The van der Waals surface area contributed by atoms with Gasteiger partial charge in [-0.25, -0.2) is 13.8 Å². The molecule has 0 fully saturated rings. The lowest BCUT2D eigenvalue weighted by molar-refractivity contribution is 0.146. The van der Waals surface area contributed by atoms with E-state index in [0.29, 0.717) is 0 Å². The van der Waals surface area contributed by atoms with Crippen LogP contribution in [0.15, 0.2) is 6.07 Å². The maximum atomic E-state index is 12.3. The van der Waals surface area contributed by atoms with Crippen LogP contribution in [-0.2, 0) is 6.42 Å². The Balaban J connectivity index is 3.33. The van der Waals surface area contributed by atoms with Crippen LogP contribution in [0.2, 0.25) is 5.02 Å². The third-order valence-electron chi connectivity index (χ3n) is 1.67. The molecule has 3 nitrogen and oxygen atoms in total. The van der Waals surface area contributed by atoms with Gasteiger partial charge in [-0.15, -0.1) is 0 Å². The number of hydrogen-bond acceptors (Lipinski definition) is 3. The minimum absolute atomic E-state index is 0.0293. The molecule has 1 aromatic rings. The number of nitriles is 2. The van der Waals surface area contributed by atoms with E-state index in [2.05, 4.69) is 4.98 Å². The number of hydrogen-bond donors (Lipinski definition) is 0. The van der Waals surface area contributed by atoms with Crippen LogP contribution in [0, 0.1) is 22.7 Å². The summed E-state index contributed by atoms with van der Waals surface area (Å²) in [6, 6.07) is 4.39. The fraction of sp³-hybridized carbons (Fsp3) is 0.222.